The van der Waals surface area contributed by atoms with Crippen molar-refractivity contribution >= 4 is 29.1 Å². The first kappa shape index (κ1) is 15.6. The van der Waals surface area contributed by atoms with Crippen molar-refractivity contribution in [2.75, 3.05) is 5.01 Å². The van der Waals surface area contributed by atoms with Crippen molar-refractivity contribution in [3.63, 3.8) is 0 Å². The fourth-order valence-corrected chi connectivity index (χ4v) is 2.51. The predicted molar refractivity (Wildman–Crippen MR) is 92.8 cm³/mol. The van der Waals surface area contributed by atoms with E-state index in [1.165, 1.54) is 11.1 Å². The molecule has 24 heavy (non-hydrogen) atoms. The Labute approximate surface area is 138 Å². The van der Waals surface area contributed by atoms with Crippen LogP contribution in [0.3, 0.4) is 0 Å². The van der Waals surface area contributed by atoms with Crippen molar-refractivity contribution in [3.8, 4) is 0 Å². The lowest BCUT2D eigenvalue weighted by molar-refractivity contribution is -0.385. The zero-order valence-electron chi connectivity index (χ0n) is 13.3. The first-order valence-electron chi connectivity index (χ1n) is 7.39. The van der Waals surface area contributed by atoms with Gasteiger partial charge in [-0.25, -0.2) is 0 Å². The molecule has 6 nitrogen and oxygen atoms in total. The van der Waals surface area contributed by atoms with Crippen LogP contribution in [0, 0.1) is 17.0 Å². The molecule has 0 saturated carbocycles. The second kappa shape index (κ2) is 6.08. The monoisotopic (exact) mass is 321 g/mol. The largest absolute Gasteiger partial charge is 0.280 e. The zero-order chi connectivity index (χ0) is 17.3. The Morgan fingerprint density at radius 2 is 1.83 bits per heavy atom. The lowest BCUT2D eigenvalue weighted by Gasteiger charge is -2.11. The van der Waals surface area contributed by atoms with Crippen LogP contribution in [0.1, 0.15) is 18.1 Å². The molecule has 120 valence electrons. The van der Waals surface area contributed by atoms with Gasteiger partial charge in [0, 0.05) is 11.6 Å². The van der Waals surface area contributed by atoms with Gasteiger partial charge in [0.1, 0.15) is 0 Å². The molecule has 1 aliphatic heterocycles. The highest BCUT2D eigenvalue weighted by molar-refractivity contribution is 6.32. The Bertz CT molecular complexity index is 886. The average Bonchev–Trinajstić information content (AvgIpc) is 2.85. The Kier molecular flexibility index (Phi) is 3.95. The molecule has 3 rings (SSSR count). The summed E-state index contributed by atoms with van der Waals surface area (Å²) < 4.78 is 0. The van der Waals surface area contributed by atoms with Crippen LogP contribution in [0.25, 0.3) is 6.08 Å². The average molecular weight is 321 g/mol. The van der Waals surface area contributed by atoms with E-state index in [0.29, 0.717) is 28.1 Å². The van der Waals surface area contributed by atoms with Gasteiger partial charge in [0.25, 0.3) is 11.6 Å². The topological polar surface area (TPSA) is 75.8 Å². The highest BCUT2D eigenvalue weighted by Gasteiger charge is 2.28. The Hall–Kier alpha value is -3.28. The van der Waals surface area contributed by atoms with Gasteiger partial charge in [0.15, 0.2) is 0 Å². The number of carbonyl (C=O) groups is 1. The Morgan fingerprint density at radius 3 is 2.50 bits per heavy atom. The van der Waals surface area contributed by atoms with E-state index < -0.39 is 4.92 Å². The molecule has 1 aliphatic rings. The van der Waals surface area contributed by atoms with Crippen molar-refractivity contribution in [2.24, 2.45) is 5.10 Å². The maximum absolute atomic E-state index is 12.6. The standard InChI is InChI=1S/C18H15N3O3/c1-12-8-9-14(11-17(12)21(23)24)10-16-13(2)19-20(18(16)22)15-6-4-3-5-7-15/h3-11H,1-2H3. The summed E-state index contributed by atoms with van der Waals surface area (Å²) in [6.45, 7) is 3.43. The third-order valence-corrected chi connectivity index (χ3v) is 3.80. The molecular weight excluding hydrogens is 306 g/mol. The van der Waals surface area contributed by atoms with Gasteiger partial charge < -0.3 is 0 Å². The Balaban J connectivity index is 1.97. The fourth-order valence-electron chi connectivity index (χ4n) is 2.51. The fraction of sp³-hybridized carbons (Fsp3) is 0.111. The second-order valence-corrected chi connectivity index (χ2v) is 5.50. The van der Waals surface area contributed by atoms with Crippen molar-refractivity contribution in [3.05, 3.63) is 75.3 Å². The molecule has 2 aromatic rings. The summed E-state index contributed by atoms with van der Waals surface area (Å²) >= 11 is 0. The quantitative estimate of drug-likeness (QED) is 0.491. The molecular formula is C18H15N3O3. The van der Waals surface area contributed by atoms with E-state index in [9.17, 15) is 14.9 Å². The Morgan fingerprint density at radius 1 is 1.12 bits per heavy atom. The van der Waals surface area contributed by atoms with E-state index in [2.05, 4.69) is 5.10 Å². The molecule has 0 bridgehead atoms. The number of hydrogen-bond acceptors (Lipinski definition) is 4. The molecule has 1 amide bonds. The third-order valence-electron chi connectivity index (χ3n) is 3.80. The van der Waals surface area contributed by atoms with E-state index in [0.717, 1.165) is 0 Å². The van der Waals surface area contributed by atoms with Gasteiger partial charge in [-0.3, -0.25) is 14.9 Å². The molecule has 0 fully saturated rings. The normalized spacial score (nSPS) is 15.8. The summed E-state index contributed by atoms with van der Waals surface area (Å²) in [5.41, 5.74) is 2.89. The van der Waals surface area contributed by atoms with E-state index in [4.69, 9.17) is 0 Å². The minimum Gasteiger partial charge on any atom is -0.267 e. The molecule has 0 spiro atoms. The van der Waals surface area contributed by atoms with Gasteiger partial charge in [0.05, 0.1) is 21.9 Å². The van der Waals surface area contributed by atoms with Crippen LogP contribution in [0.4, 0.5) is 11.4 Å². The molecule has 0 radical (unpaired) electrons. The van der Waals surface area contributed by atoms with Gasteiger partial charge in [-0.05, 0) is 37.6 Å². The van der Waals surface area contributed by atoms with E-state index >= 15 is 0 Å². The second-order valence-electron chi connectivity index (χ2n) is 5.50. The van der Waals surface area contributed by atoms with Crippen LogP contribution < -0.4 is 5.01 Å². The zero-order valence-corrected chi connectivity index (χ0v) is 13.3. The molecule has 0 unspecified atom stereocenters. The van der Waals surface area contributed by atoms with Gasteiger partial charge >= 0.3 is 0 Å². The van der Waals surface area contributed by atoms with Gasteiger partial charge in [0.2, 0.25) is 0 Å². The van der Waals surface area contributed by atoms with Gasteiger partial charge in [-0.1, -0.05) is 30.3 Å². The van der Waals surface area contributed by atoms with Crippen molar-refractivity contribution in [1.29, 1.82) is 0 Å². The lowest BCUT2D eigenvalue weighted by atomic mass is 10.0. The third kappa shape index (κ3) is 2.81. The molecule has 0 saturated heterocycles. The number of nitro groups is 1. The summed E-state index contributed by atoms with van der Waals surface area (Å²) in [6.07, 6.45) is 1.64. The number of hydrogen-bond donors (Lipinski definition) is 0. The van der Waals surface area contributed by atoms with Crippen molar-refractivity contribution in [2.45, 2.75) is 13.8 Å². The first-order valence-corrected chi connectivity index (χ1v) is 7.39. The van der Waals surface area contributed by atoms with Crippen LogP contribution in [0.2, 0.25) is 0 Å². The molecule has 0 N–H and O–H groups in total. The van der Waals surface area contributed by atoms with Crippen LogP contribution in [-0.4, -0.2) is 16.5 Å². The number of aryl methyl sites for hydroxylation is 1. The smallest absolute Gasteiger partial charge is 0.267 e. The van der Waals surface area contributed by atoms with E-state index in [1.807, 2.05) is 18.2 Å². The molecule has 0 aliphatic carbocycles. The predicted octanol–water partition coefficient (Wildman–Crippen LogP) is 3.71. The summed E-state index contributed by atoms with van der Waals surface area (Å²) in [6, 6.07) is 14.0. The number of rotatable bonds is 3. The maximum Gasteiger partial charge on any atom is 0.280 e. The number of benzene rings is 2. The molecule has 0 aromatic heterocycles. The van der Waals surface area contributed by atoms with E-state index in [1.54, 1.807) is 44.2 Å². The number of nitro benzene ring substituents is 1. The van der Waals surface area contributed by atoms with Crippen LogP contribution in [-0.2, 0) is 4.79 Å². The molecule has 6 heteroatoms. The summed E-state index contributed by atoms with van der Waals surface area (Å²) in [7, 11) is 0. The number of para-hydroxylation sites is 1. The summed E-state index contributed by atoms with van der Waals surface area (Å²) in [5, 5.41) is 16.7. The molecule has 2 aromatic carbocycles. The number of anilines is 1. The molecule has 1 heterocycles. The van der Waals surface area contributed by atoms with Crippen molar-refractivity contribution in [1.82, 2.24) is 0 Å². The minimum absolute atomic E-state index is 0.0318. The highest BCUT2D eigenvalue weighted by atomic mass is 16.6. The number of carbonyl (C=O) groups excluding carboxylic acids is 1. The van der Waals surface area contributed by atoms with E-state index in [-0.39, 0.29) is 11.6 Å². The number of amides is 1. The van der Waals surface area contributed by atoms with Crippen LogP contribution in [0.5, 0.6) is 0 Å². The summed E-state index contributed by atoms with van der Waals surface area (Å²) in [5.74, 6) is -0.248. The maximum atomic E-state index is 12.6. The highest BCUT2D eigenvalue weighted by Crippen LogP contribution is 2.26. The van der Waals surface area contributed by atoms with Gasteiger partial charge in [-0.2, -0.15) is 10.1 Å². The van der Waals surface area contributed by atoms with Crippen LogP contribution in [0.15, 0.2) is 59.2 Å². The van der Waals surface area contributed by atoms with Gasteiger partial charge in [-0.15, -0.1) is 0 Å². The summed E-state index contributed by atoms with van der Waals surface area (Å²) in [4.78, 5) is 23.3. The van der Waals surface area contributed by atoms with Crippen molar-refractivity contribution < 1.29 is 9.72 Å². The van der Waals surface area contributed by atoms with Crippen LogP contribution >= 0.6 is 0 Å². The first-order chi connectivity index (χ1) is 11.5. The number of hydrazone groups is 1. The molecule has 0 atom stereocenters. The number of nitrogens with zero attached hydrogens (tertiary/aromatic N) is 3. The minimum atomic E-state index is -0.426. The lowest BCUT2D eigenvalue weighted by Crippen LogP contribution is -2.21. The SMILES string of the molecule is CC1=NN(c2ccccc2)C(=O)C1=Cc1ccc(C)c([N+](=O)[O-])c1.